The number of hydrogen-bond acceptors (Lipinski definition) is 3. The lowest BCUT2D eigenvalue weighted by molar-refractivity contribution is 0.265. The van der Waals surface area contributed by atoms with E-state index in [-0.39, 0.29) is 6.61 Å². The van der Waals surface area contributed by atoms with E-state index in [1.165, 1.54) is 6.20 Å². The third-order valence-corrected chi connectivity index (χ3v) is 1.84. The van der Waals surface area contributed by atoms with Crippen LogP contribution in [0.15, 0.2) is 12.3 Å². The van der Waals surface area contributed by atoms with Crippen LogP contribution in [0.2, 0.25) is 5.02 Å². The number of aliphatic hydroxyl groups is 1. The second-order valence-corrected chi connectivity index (χ2v) is 3.08. The van der Waals surface area contributed by atoms with Gasteiger partial charge in [0.1, 0.15) is 0 Å². The van der Waals surface area contributed by atoms with Crippen LogP contribution in [0, 0.1) is 6.92 Å². The summed E-state index contributed by atoms with van der Waals surface area (Å²) in [6.07, 6.45) is 1.53. The molecule has 1 rings (SSSR count). The molecule has 0 fully saturated rings. The topological polar surface area (TPSA) is 59.1 Å². The Hall–Kier alpha value is -0.640. The highest BCUT2D eigenvalue weighted by Gasteiger charge is 2.08. The third kappa shape index (κ3) is 1.94. The SMILES string of the molecule is Cc1cc(Cl)cnc1C(N)CO. The van der Waals surface area contributed by atoms with E-state index < -0.39 is 6.04 Å². The maximum Gasteiger partial charge on any atom is 0.0707 e. The molecule has 0 saturated heterocycles. The molecule has 0 aliphatic rings. The molecule has 0 aliphatic heterocycles. The standard InChI is InChI=1S/C8H11ClN2O/c1-5-2-6(9)3-11-8(5)7(10)4-12/h2-3,7,12H,4,10H2,1H3. The first-order valence-electron chi connectivity index (χ1n) is 3.63. The fourth-order valence-electron chi connectivity index (χ4n) is 1.03. The molecule has 0 radical (unpaired) electrons. The molecule has 4 heteroatoms. The lowest BCUT2D eigenvalue weighted by atomic mass is 10.1. The molecule has 1 aromatic rings. The lowest BCUT2D eigenvalue weighted by Crippen LogP contribution is -2.17. The van der Waals surface area contributed by atoms with E-state index in [1.54, 1.807) is 6.07 Å². The van der Waals surface area contributed by atoms with E-state index >= 15 is 0 Å². The zero-order valence-electron chi connectivity index (χ0n) is 6.79. The summed E-state index contributed by atoms with van der Waals surface area (Å²) in [6, 6.07) is 1.36. The quantitative estimate of drug-likeness (QED) is 0.726. The Morgan fingerprint density at radius 2 is 2.42 bits per heavy atom. The summed E-state index contributed by atoms with van der Waals surface area (Å²) in [7, 11) is 0. The van der Waals surface area contributed by atoms with Gasteiger partial charge in [-0.05, 0) is 18.6 Å². The van der Waals surface area contributed by atoms with Crippen LogP contribution in [0.3, 0.4) is 0 Å². The molecule has 0 saturated carbocycles. The molecule has 12 heavy (non-hydrogen) atoms. The van der Waals surface area contributed by atoms with Crippen LogP contribution in [0.1, 0.15) is 17.3 Å². The van der Waals surface area contributed by atoms with Crippen LogP contribution in [-0.2, 0) is 0 Å². The summed E-state index contributed by atoms with van der Waals surface area (Å²) in [4.78, 5) is 4.03. The number of rotatable bonds is 2. The Morgan fingerprint density at radius 3 is 2.92 bits per heavy atom. The van der Waals surface area contributed by atoms with Gasteiger partial charge in [-0.3, -0.25) is 4.98 Å². The highest BCUT2D eigenvalue weighted by atomic mass is 35.5. The molecular weight excluding hydrogens is 176 g/mol. The van der Waals surface area contributed by atoms with Crippen LogP contribution in [-0.4, -0.2) is 16.7 Å². The fraction of sp³-hybridized carbons (Fsp3) is 0.375. The van der Waals surface area contributed by atoms with Gasteiger partial charge in [0.25, 0.3) is 0 Å². The largest absolute Gasteiger partial charge is 0.394 e. The van der Waals surface area contributed by atoms with E-state index in [9.17, 15) is 0 Å². The van der Waals surface area contributed by atoms with Crippen molar-refractivity contribution in [1.82, 2.24) is 4.98 Å². The minimum absolute atomic E-state index is 0.102. The molecule has 3 nitrogen and oxygen atoms in total. The molecular formula is C8H11ClN2O. The first-order chi connectivity index (χ1) is 5.65. The van der Waals surface area contributed by atoms with Crippen molar-refractivity contribution in [3.05, 3.63) is 28.5 Å². The van der Waals surface area contributed by atoms with Gasteiger partial charge in [0.2, 0.25) is 0 Å². The third-order valence-electron chi connectivity index (χ3n) is 1.63. The second-order valence-electron chi connectivity index (χ2n) is 2.64. The van der Waals surface area contributed by atoms with Crippen molar-refractivity contribution in [3.63, 3.8) is 0 Å². The van der Waals surface area contributed by atoms with Crippen LogP contribution >= 0.6 is 11.6 Å². The number of aryl methyl sites for hydroxylation is 1. The zero-order valence-corrected chi connectivity index (χ0v) is 7.54. The van der Waals surface area contributed by atoms with Gasteiger partial charge >= 0.3 is 0 Å². The van der Waals surface area contributed by atoms with Gasteiger partial charge in [-0.25, -0.2) is 0 Å². The maximum absolute atomic E-state index is 8.78. The van der Waals surface area contributed by atoms with E-state index in [4.69, 9.17) is 22.4 Å². The number of aromatic nitrogens is 1. The van der Waals surface area contributed by atoms with Crippen LogP contribution in [0.25, 0.3) is 0 Å². The number of pyridine rings is 1. The predicted octanol–water partition coefficient (Wildman–Crippen LogP) is 1.04. The number of hydrogen-bond donors (Lipinski definition) is 2. The Balaban J connectivity index is 3.01. The Labute approximate surface area is 76.2 Å². The summed E-state index contributed by atoms with van der Waals surface area (Å²) in [6.45, 7) is 1.76. The zero-order chi connectivity index (χ0) is 9.14. The minimum Gasteiger partial charge on any atom is -0.394 e. The molecule has 0 spiro atoms. The van der Waals surface area contributed by atoms with Crippen molar-refractivity contribution in [2.75, 3.05) is 6.61 Å². The minimum atomic E-state index is -0.415. The molecule has 66 valence electrons. The molecule has 0 amide bonds. The summed E-state index contributed by atoms with van der Waals surface area (Å²) >= 11 is 5.70. The highest BCUT2D eigenvalue weighted by molar-refractivity contribution is 6.30. The van der Waals surface area contributed by atoms with Crippen LogP contribution in [0.5, 0.6) is 0 Å². The highest BCUT2D eigenvalue weighted by Crippen LogP contribution is 2.16. The van der Waals surface area contributed by atoms with Crippen LogP contribution in [0.4, 0.5) is 0 Å². The lowest BCUT2D eigenvalue weighted by Gasteiger charge is -2.10. The fourth-order valence-corrected chi connectivity index (χ4v) is 1.24. The first kappa shape index (κ1) is 9.45. The second kappa shape index (κ2) is 3.85. The van der Waals surface area contributed by atoms with E-state index in [1.807, 2.05) is 6.92 Å². The molecule has 0 aromatic carbocycles. The van der Waals surface area contributed by atoms with Gasteiger partial charge in [0.05, 0.1) is 23.4 Å². The molecule has 3 N–H and O–H groups in total. The molecule has 0 aliphatic carbocycles. The van der Waals surface area contributed by atoms with E-state index in [0.717, 1.165) is 5.56 Å². The van der Waals surface area contributed by atoms with Crippen molar-refractivity contribution < 1.29 is 5.11 Å². The van der Waals surface area contributed by atoms with Crippen molar-refractivity contribution in [1.29, 1.82) is 0 Å². The number of aliphatic hydroxyl groups excluding tert-OH is 1. The molecule has 1 aromatic heterocycles. The molecule has 0 bridgehead atoms. The molecule has 1 atom stereocenters. The molecule has 1 unspecified atom stereocenters. The smallest absolute Gasteiger partial charge is 0.0707 e. The van der Waals surface area contributed by atoms with E-state index in [0.29, 0.717) is 10.7 Å². The summed E-state index contributed by atoms with van der Waals surface area (Å²) < 4.78 is 0. The van der Waals surface area contributed by atoms with Gasteiger partial charge in [-0.1, -0.05) is 11.6 Å². The average Bonchev–Trinajstić information content (AvgIpc) is 2.03. The van der Waals surface area contributed by atoms with Crippen LogP contribution < -0.4 is 5.73 Å². The van der Waals surface area contributed by atoms with Crippen molar-refractivity contribution in [2.24, 2.45) is 5.73 Å². The van der Waals surface area contributed by atoms with Gasteiger partial charge in [0, 0.05) is 6.20 Å². The van der Waals surface area contributed by atoms with E-state index in [2.05, 4.69) is 4.98 Å². The van der Waals surface area contributed by atoms with Crippen molar-refractivity contribution in [3.8, 4) is 0 Å². The van der Waals surface area contributed by atoms with Gasteiger partial charge in [-0.2, -0.15) is 0 Å². The van der Waals surface area contributed by atoms with Gasteiger partial charge in [0.15, 0.2) is 0 Å². The van der Waals surface area contributed by atoms with Crippen molar-refractivity contribution >= 4 is 11.6 Å². The average molecular weight is 187 g/mol. The predicted molar refractivity (Wildman–Crippen MR) is 48.0 cm³/mol. The number of nitrogens with zero attached hydrogens (tertiary/aromatic N) is 1. The number of halogens is 1. The first-order valence-corrected chi connectivity index (χ1v) is 4.01. The normalized spacial score (nSPS) is 13.0. The van der Waals surface area contributed by atoms with Gasteiger partial charge in [-0.15, -0.1) is 0 Å². The summed E-state index contributed by atoms with van der Waals surface area (Å²) in [5.74, 6) is 0. The summed E-state index contributed by atoms with van der Waals surface area (Å²) in [5.41, 5.74) is 7.19. The Morgan fingerprint density at radius 1 is 1.75 bits per heavy atom. The number of nitrogens with two attached hydrogens (primary N) is 1. The summed E-state index contributed by atoms with van der Waals surface area (Å²) in [5, 5.41) is 9.37. The van der Waals surface area contributed by atoms with Crippen molar-refractivity contribution in [2.45, 2.75) is 13.0 Å². The van der Waals surface area contributed by atoms with Gasteiger partial charge < -0.3 is 10.8 Å². The maximum atomic E-state index is 8.78. The molecule has 1 heterocycles. The monoisotopic (exact) mass is 186 g/mol. The Kier molecular flexibility index (Phi) is 3.03. The Bertz CT molecular complexity index is 278.